The van der Waals surface area contributed by atoms with Crippen molar-refractivity contribution >= 4 is 11.4 Å². The summed E-state index contributed by atoms with van der Waals surface area (Å²) in [5.41, 5.74) is 2.16. The second-order valence-corrected chi connectivity index (χ2v) is 3.40. The average molecular weight is 192 g/mol. The lowest BCUT2D eigenvalue weighted by Crippen LogP contribution is -1.89. The molecule has 0 heterocycles. The lowest BCUT2D eigenvalue weighted by molar-refractivity contribution is -0.112. The molecule has 0 N–H and O–H groups in total. The SMILES string of the molecule is CC(=O)/C=C(/C)c1ccc(C)c(F)c1. The highest BCUT2D eigenvalue weighted by molar-refractivity contribution is 5.94. The molecule has 1 aromatic carbocycles. The Hall–Kier alpha value is -1.44. The van der Waals surface area contributed by atoms with Crippen molar-refractivity contribution < 1.29 is 9.18 Å². The Morgan fingerprint density at radius 2 is 2.00 bits per heavy atom. The van der Waals surface area contributed by atoms with Gasteiger partial charge in [-0.05, 0) is 49.6 Å². The van der Waals surface area contributed by atoms with Gasteiger partial charge in [-0.25, -0.2) is 4.39 Å². The Balaban J connectivity index is 3.09. The summed E-state index contributed by atoms with van der Waals surface area (Å²) in [5, 5.41) is 0. The van der Waals surface area contributed by atoms with Gasteiger partial charge in [-0.3, -0.25) is 4.79 Å². The van der Waals surface area contributed by atoms with E-state index in [4.69, 9.17) is 0 Å². The first kappa shape index (κ1) is 10.6. The summed E-state index contributed by atoms with van der Waals surface area (Å²) >= 11 is 0. The van der Waals surface area contributed by atoms with Crippen LogP contribution in [-0.2, 0) is 4.79 Å². The molecule has 0 amide bonds. The Labute approximate surface area is 83.3 Å². The number of benzene rings is 1. The molecule has 0 saturated heterocycles. The predicted molar refractivity (Wildman–Crippen MR) is 55.5 cm³/mol. The van der Waals surface area contributed by atoms with Gasteiger partial charge in [0, 0.05) is 0 Å². The zero-order valence-corrected chi connectivity index (χ0v) is 8.60. The van der Waals surface area contributed by atoms with Crippen LogP contribution in [0.5, 0.6) is 0 Å². The normalized spacial score (nSPS) is 11.6. The van der Waals surface area contributed by atoms with Crippen molar-refractivity contribution in [3.63, 3.8) is 0 Å². The molecule has 1 rings (SSSR count). The zero-order valence-electron chi connectivity index (χ0n) is 8.60. The molecule has 2 heteroatoms. The number of carbonyl (C=O) groups excluding carboxylic acids is 1. The van der Waals surface area contributed by atoms with E-state index in [2.05, 4.69) is 0 Å². The first-order valence-corrected chi connectivity index (χ1v) is 4.46. The van der Waals surface area contributed by atoms with Crippen LogP contribution < -0.4 is 0 Å². The van der Waals surface area contributed by atoms with E-state index in [0.717, 1.165) is 11.1 Å². The van der Waals surface area contributed by atoms with Crippen molar-refractivity contribution in [2.45, 2.75) is 20.8 Å². The number of carbonyl (C=O) groups is 1. The quantitative estimate of drug-likeness (QED) is 0.658. The maximum atomic E-state index is 13.2. The van der Waals surface area contributed by atoms with E-state index in [1.54, 1.807) is 19.9 Å². The largest absolute Gasteiger partial charge is 0.295 e. The minimum atomic E-state index is -0.237. The van der Waals surface area contributed by atoms with Gasteiger partial charge in [-0.2, -0.15) is 0 Å². The van der Waals surface area contributed by atoms with E-state index in [1.165, 1.54) is 19.1 Å². The average Bonchev–Trinajstić information content (AvgIpc) is 2.08. The lowest BCUT2D eigenvalue weighted by atomic mass is 10.0. The zero-order chi connectivity index (χ0) is 10.7. The Kier molecular flexibility index (Phi) is 3.18. The maximum Gasteiger partial charge on any atom is 0.152 e. The summed E-state index contributed by atoms with van der Waals surface area (Å²) in [4.78, 5) is 10.8. The first-order chi connectivity index (χ1) is 6.50. The number of hydrogen-bond acceptors (Lipinski definition) is 1. The molecule has 1 aromatic rings. The number of hydrogen-bond donors (Lipinski definition) is 0. The van der Waals surface area contributed by atoms with Gasteiger partial charge in [0.1, 0.15) is 5.82 Å². The van der Waals surface area contributed by atoms with E-state index in [9.17, 15) is 9.18 Å². The van der Waals surface area contributed by atoms with Crippen LogP contribution in [0.2, 0.25) is 0 Å². The minimum absolute atomic E-state index is 0.0246. The van der Waals surface area contributed by atoms with E-state index in [0.29, 0.717) is 5.56 Å². The molecule has 0 radical (unpaired) electrons. The molecule has 0 spiro atoms. The summed E-state index contributed by atoms with van der Waals surface area (Å²) in [6, 6.07) is 4.97. The van der Waals surface area contributed by atoms with Crippen LogP contribution in [0.4, 0.5) is 4.39 Å². The summed E-state index contributed by atoms with van der Waals surface area (Å²) in [6.07, 6.45) is 1.50. The topological polar surface area (TPSA) is 17.1 Å². The molecule has 0 saturated carbocycles. The summed E-state index contributed by atoms with van der Waals surface area (Å²) in [6.45, 7) is 4.99. The second-order valence-electron chi connectivity index (χ2n) is 3.40. The van der Waals surface area contributed by atoms with Crippen molar-refractivity contribution in [3.05, 3.63) is 41.2 Å². The van der Waals surface area contributed by atoms with Crippen LogP contribution in [0, 0.1) is 12.7 Å². The lowest BCUT2D eigenvalue weighted by Gasteiger charge is -2.02. The van der Waals surface area contributed by atoms with E-state index in [-0.39, 0.29) is 11.6 Å². The highest BCUT2D eigenvalue weighted by Crippen LogP contribution is 2.17. The minimum Gasteiger partial charge on any atom is -0.295 e. The smallest absolute Gasteiger partial charge is 0.152 e. The van der Waals surface area contributed by atoms with Gasteiger partial charge < -0.3 is 0 Å². The molecule has 0 bridgehead atoms. The van der Waals surface area contributed by atoms with Crippen LogP contribution in [0.1, 0.15) is 25.0 Å². The van der Waals surface area contributed by atoms with Crippen molar-refractivity contribution in [1.82, 2.24) is 0 Å². The van der Waals surface area contributed by atoms with Crippen LogP contribution in [0.3, 0.4) is 0 Å². The maximum absolute atomic E-state index is 13.2. The molecule has 0 aromatic heterocycles. The highest BCUT2D eigenvalue weighted by Gasteiger charge is 2.01. The van der Waals surface area contributed by atoms with Crippen molar-refractivity contribution in [2.75, 3.05) is 0 Å². The molecule has 74 valence electrons. The Bertz CT molecular complexity index is 391. The number of aryl methyl sites for hydroxylation is 1. The van der Waals surface area contributed by atoms with Gasteiger partial charge in [0.2, 0.25) is 0 Å². The van der Waals surface area contributed by atoms with Gasteiger partial charge in [-0.15, -0.1) is 0 Å². The fourth-order valence-corrected chi connectivity index (χ4v) is 1.23. The van der Waals surface area contributed by atoms with Crippen molar-refractivity contribution in [3.8, 4) is 0 Å². The Morgan fingerprint density at radius 3 is 2.50 bits per heavy atom. The van der Waals surface area contributed by atoms with E-state index >= 15 is 0 Å². The first-order valence-electron chi connectivity index (χ1n) is 4.46. The van der Waals surface area contributed by atoms with Crippen LogP contribution in [-0.4, -0.2) is 5.78 Å². The monoisotopic (exact) mass is 192 g/mol. The number of rotatable bonds is 2. The third-order valence-corrected chi connectivity index (χ3v) is 2.05. The van der Waals surface area contributed by atoms with Crippen LogP contribution in [0.15, 0.2) is 24.3 Å². The van der Waals surface area contributed by atoms with Gasteiger partial charge >= 0.3 is 0 Å². The predicted octanol–water partition coefficient (Wildman–Crippen LogP) is 3.13. The molecule has 0 aliphatic heterocycles. The van der Waals surface area contributed by atoms with E-state index < -0.39 is 0 Å². The fourth-order valence-electron chi connectivity index (χ4n) is 1.23. The third kappa shape index (κ3) is 2.52. The van der Waals surface area contributed by atoms with Crippen molar-refractivity contribution in [2.24, 2.45) is 0 Å². The van der Waals surface area contributed by atoms with Gasteiger partial charge in [-0.1, -0.05) is 12.1 Å². The van der Waals surface area contributed by atoms with Gasteiger partial charge in [0.15, 0.2) is 5.78 Å². The molecule has 1 nitrogen and oxygen atoms in total. The number of halogens is 1. The molecule has 0 atom stereocenters. The summed E-state index contributed by atoms with van der Waals surface area (Å²) in [7, 11) is 0. The van der Waals surface area contributed by atoms with Crippen LogP contribution >= 0.6 is 0 Å². The Morgan fingerprint density at radius 1 is 1.36 bits per heavy atom. The number of allylic oxidation sites excluding steroid dienone is 2. The highest BCUT2D eigenvalue weighted by atomic mass is 19.1. The van der Waals surface area contributed by atoms with Gasteiger partial charge in [0.05, 0.1) is 0 Å². The molecule has 0 aliphatic rings. The summed E-state index contributed by atoms with van der Waals surface area (Å²) in [5.74, 6) is -0.262. The standard InChI is InChI=1S/C12H13FO/c1-8-4-5-11(7-12(8)13)9(2)6-10(3)14/h4-7H,1-3H3/b9-6-. The van der Waals surface area contributed by atoms with E-state index in [1.807, 2.05) is 6.07 Å². The second kappa shape index (κ2) is 4.18. The van der Waals surface area contributed by atoms with Gasteiger partial charge in [0.25, 0.3) is 0 Å². The number of ketones is 1. The molecule has 0 unspecified atom stereocenters. The fraction of sp³-hybridized carbons (Fsp3) is 0.250. The third-order valence-electron chi connectivity index (χ3n) is 2.05. The molecule has 0 fully saturated rings. The summed E-state index contributed by atoms with van der Waals surface area (Å²) < 4.78 is 13.2. The molecular formula is C12H13FO. The van der Waals surface area contributed by atoms with Crippen molar-refractivity contribution in [1.29, 1.82) is 0 Å². The molecule has 14 heavy (non-hydrogen) atoms. The van der Waals surface area contributed by atoms with Crippen LogP contribution in [0.25, 0.3) is 5.57 Å². The molecule has 0 aliphatic carbocycles. The molecular weight excluding hydrogens is 179 g/mol.